The molecule has 0 aliphatic carbocycles. The van der Waals surface area contributed by atoms with Crippen LogP contribution in [0.3, 0.4) is 0 Å². The first kappa shape index (κ1) is 17.5. The van der Waals surface area contributed by atoms with Gasteiger partial charge < -0.3 is 5.32 Å². The molecule has 5 nitrogen and oxygen atoms in total. The Labute approximate surface area is 149 Å². The second-order valence-electron chi connectivity index (χ2n) is 6.68. The zero-order valence-electron chi connectivity index (χ0n) is 14.8. The summed E-state index contributed by atoms with van der Waals surface area (Å²) in [5, 5.41) is 3.05. The van der Waals surface area contributed by atoms with Crippen molar-refractivity contribution in [3.63, 3.8) is 0 Å². The van der Waals surface area contributed by atoms with Crippen LogP contribution in [0.15, 0.2) is 42.9 Å². The van der Waals surface area contributed by atoms with Gasteiger partial charge >= 0.3 is 0 Å². The monoisotopic (exact) mass is 338 g/mol. The molecule has 1 aliphatic heterocycles. The zero-order chi connectivity index (χ0) is 17.5. The highest BCUT2D eigenvalue weighted by atomic mass is 16.1. The average Bonchev–Trinajstić information content (AvgIpc) is 2.68. The number of pyridine rings is 2. The van der Waals surface area contributed by atoms with Gasteiger partial charge in [0.25, 0.3) is 5.91 Å². The van der Waals surface area contributed by atoms with Crippen LogP contribution in [0, 0.1) is 5.92 Å². The molecule has 0 bridgehead atoms. The number of aryl methyl sites for hydroxylation is 1. The van der Waals surface area contributed by atoms with E-state index >= 15 is 0 Å². The van der Waals surface area contributed by atoms with Crippen LogP contribution in [0.4, 0.5) is 0 Å². The second kappa shape index (κ2) is 8.72. The molecule has 0 radical (unpaired) electrons. The van der Waals surface area contributed by atoms with E-state index in [-0.39, 0.29) is 5.91 Å². The largest absolute Gasteiger partial charge is 0.352 e. The third-order valence-corrected chi connectivity index (χ3v) is 4.88. The standard InChI is InChI=1S/C20H26N4O/c1-2-16-3-4-19(22-13-16)15-24-11-7-17(8-12-24)14-23-20(25)18-5-9-21-10-6-18/h3-6,9-10,13,17H,2,7-8,11-12,14-15H2,1H3,(H,23,25). The van der Waals surface area contributed by atoms with Gasteiger partial charge in [-0.05, 0) is 62.0 Å². The fraction of sp³-hybridized carbons (Fsp3) is 0.450. The molecule has 132 valence electrons. The third-order valence-electron chi connectivity index (χ3n) is 4.88. The van der Waals surface area contributed by atoms with Crippen LogP contribution < -0.4 is 5.32 Å². The van der Waals surface area contributed by atoms with E-state index in [1.54, 1.807) is 24.5 Å². The summed E-state index contributed by atoms with van der Waals surface area (Å²) in [6, 6.07) is 7.80. The van der Waals surface area contributed by atoms with E-state index in [4.69, 9.17) is 0 Å². The summed E-state index contributed by atoms with van der Waals surface area (Å²) in [5.74, 6) is 0.544. The first-order chi connectivity index (χ1) is 12.2. The SMILES string of the molecule is CCc1ccc(CN2CCC(CNC(=O)c3ccncc3)CC2)nc1. The highest BCUT2D eigenvalue weighted by Gasteiger charge is 2.20. The smallest absolute Gasteiger partial charge is 0.251 e. The molecule has 1 amide bonds. The lowest BCUT2D eigenvalue weighted by atomic mass is 9.96. The summed E-state index contributed by atoms with van der Waals surface area (Å²) in [6.45, 7) is 5.94. The molecule has 1 saturated heterocycles. The summed E-state index contributed by atoms with van der Waals surface area (Å²) in [4.78, 5) is 23.0. The van der Waals surface area contributed by atoms with Crippen molar-refractivity contribution < 1.29 is 4.79 Å². The molecule has 2 aromatic heterocycles. The number of piperidine rings is 1. The van der Waals surface area contributed by atoms with E-state index in [1.165, 1.54) is 5.56 Å². The molecule has 1 fully saturated rings. The predicted octanol–water partition coefficient (Wildman–Crippen LogP) is 2.68. The van der Waals surface area contributed by atoms with Crippen LogP contribution >= 0.6 is 0 Å². The summed E-state index contributed by atoms with van der Waals surface area (Å²) in [5.41, 5.74) is 3.10. The van der Waals surface area contributed by atoms with Gasteiger partial charge in [0.15, 0.2) is 0 Å². The van der Waals surface area contributed by atoms with Gasteiger partial charge in [0.1, 0.15) is 0 Å². The van der Waals surface area contributed by atoms with Gasteiger partial charge in [-0.2, -0.15) is 0 Å². The quantitative estimate of drug-likeness (QED) is 0.880. The molecule has 3 heterocycles. The summed E-state index contributed by atoms with van der Waals surface area (Å²) in [6.07, 6.45) is 8.54. The minimum atomic E-state index is -0.00922. The number of nitrogens with one attached hydrogen (secondary N) is 1. The van der Waals surface area contributed by atoms with Crippen LogP contribution in [0.1, 0.15) is 41.4 Å². The minimum Gasteiger partial charge on any atom is -0.352 e. The summed E-state index contributed by atoms with van der Waals surface area (Å²) in [7, 11) is 0. The van der Waals surface area contributed by atoms with Gasteiger partial charge in [0, 0.05) is 37.2 Å². The zero-order valence-corrected chi connectivity index (χ0v) is 14.8. The average molecular weight is 338 g/mol. The first-order valence-electron chi connectivity index (χ1n) is 9.09. The number of likely N-dealkylation sites (tertiary alicyclic amines) is 1. The third kappa shape index (κ3) is 5.10. The van der Waals surface area contributed by atoms with Crippen LogP contribution in [0.2, 0.25) is 0 Å². The van der Waals surface area contributed by atoms with E-state index in [9.17, 15) is 4.79 Å². The molecule has 0 aromatic carbocycles. The topological polar surface area (TPSA) is 58.1 Å². The molecular weight excluding hydrogens is 312 g/mol. The fourth-order valence-electron chi connectivity index (χ4n) is 3.18. The Morgan fingerprint density at radius 1 is 1.20 bits per heavy atom. The van der Waals surface area contributed by atoms with Gasteiger partial charge in [-0.15, -0.1) is 0 Å². The Hall–Kier alpha value is -2.27. The number of hydrogen-bond donors (Lipinski definition) is 1. The minimum absolute atomic E-state index is 0.00922. The Morgan fingerprint density at radius 2 is 1.96 bits per heavy atom. The predicted molar refractivity (Wildman–Crippen MR) is 98.2 cm³/mol. The maximum atomic E-state index is 12.1. The maximum Gasteiger partial charge on any atom is 0.251 e. The number of rotatable bonds is 6. The van der Waals surface area contributed by atoms with E-state index in [0.29, 0.717) is 11.5 Å². The van der Waals surface area contributed by atoms with E-state index < -0.39 is 0 Å². The normalized spacial score (nSPS) is 15.9. The molecule has 1 N–H and O–H groups in total. The number of hydrogen-bond acceptors (Lipinski definition) is 4. The molecule has 0 atom stereocenters. The molecule has 0 unspecified atom stereocenters. The van der Waals surface area contributed by atoms with Crippen molar-refractivity contribution in [2.75, 3.05) is 19.6 Å². The van der Waals surface area contributed by atoms with Gasteiger partial charge in [-0.1, -0.05) is 13.0 Å². The lowest BCUT2D eigenvalue weighted by Gasteiger charge is -2.31. The number of aromatic nitrogens is 2. The molecule has 5 heteroatoms. The molecule has 3 rings (SSSR count). The Kier molecular flexibility index (Phi) is 6.12. The lowest BCUT2D eigenvalue weighted by Crippen LogP contribution is -2.38. The van der Waals surface area contributed by atoms with Crippen molar-refractivity contribution in [2.45, 2.75) is 32.7 Å². The van der Waals surface area contributed by atoms with Crippen molar-refractivity contribution in [3.8, 4) is 0 Å². The van der Waals surface area contributed by atoms with Crippen LogP contribution in [0.5, 0.6) is 0 Å². The molecule has 0 spiro atoms. The van der Waals surface area contributed by atoms with Crippen LogP contribution in [0.25, 0.3) is 0 Å². The van der Waals surface area contributed by atoms with E-state index in [1.807, 2.05) is 6.20 Å². The fourth-order valence-corrected chi connectivity index (χ4v) is 3.18. The van der Waals surface area contributed by atoms with Crippen molar-refractivity contribution in [2.24, 2.45) is 5.92 Å². The van der Waals surface area contributed by atoms with Crippen molar-refractivity contribution in [1.82, 2.24) is 20.2 Å². The number of carbonyl (C=O) groups excluding carboxylic acids is 1. The maximum absolute atomic E-state index is 12.1. The highest BCUT2D eigenvalue weighted by Crippen LogP contribution is 2.18. The molecule has 0 saturated carbocycles. The van der Waals surface area contributed by atoms with Crippen LogP contribution in [-0.2, 0) is 13.0 Å². The Bertz CT molecular complexity index is 664. The van der Waals surface area contributed by atoms with Crippen molar-refractivity contribution in [1.29, 1.82) is 0 Å². The van der Waals surface area contributed by atoms with Gasteiger partial charge in [0.05, 0.1) is 5.69 Å². The molecule has 2 aromatic rings. The Balaban J connectivity index is 1.40. The number of nitrogens with zero attached hydrogens (tertiary/aromatic N) is 3. The Morgan fingerprint density at radius 3 is 2.60 bits per heavy atom. The first-order valence-corrected chi connectivity index (χ1v) is 9.09. The van der Waals surface area contributed by atoms with Crippen molar-refractivity contribution >= 4 is 5.91 Å². The lowest BCUT2D eigenvalue weighted by molar-refractivity contribution is 0.0935. The molecular formula is C20H26N4O. The highest BCUT2D eigenvalue weighted by molar-refractivity contribution is 5.93. The summed E-state index contributed by atoms with van der Waals surface area (Å²) >= 11 is 0. The van der Waals surface area contributed by atoms with Gasteiger partial charge in [-0.3, -0.25) is 19.7 Å². The van der Waals surface area contributed by atoms with Gasteiger partial charge in [-0.25, -0.2) is 0 Å². The molecule has 1 aliphatic rings. The summed E-state index contributed by atoms with van der Waals surface area (Å²) < 4.78 is 0. The van der Waals surface area contributed by atoms with Crippen molar-refractivity contribution in [3.05, 3.63) is 59.7 Å². The molecule has 25 heavy (non-hydrogen) atoms. The van der Waals surface area contributed by atoms with E-state index in [2.05, 4.69) is 39.2 Å². The number of amides is 1. The van der Waals surface area contributed by atoms with Crippen LogP contribution in [-0.4, -0.2) is 40.4 Å². The van der Waals surface area contributed by atoms with E-state index in [0.717, 1.165) is 51.1 Å². The van der Waals surface area contributed by atoms with Gasteiger partial charge in [0.2, 0.25) is 0 Å². The second-order valence-corrected chi connectivity index (χ2v) is 6.68. The number of carbonyl (C=O) groups is 1.